The number of rotatable bonds is 6. The first-order chi connectivity index (χ1) is 13.3. The van der Waals surface area contributed by atoms with E-state index in [4.69, 9.17) is 4.74 Å². The summed E-state index contributed by atoms with van der Waals surface area (Å²) < 4.78 is 7.56. The average molecular weight is 360 g/mol. The van der Waals surface area contributed by atoms with Crippen molar-refractivity contribution in [3.05, 3.63) is 54.1 Å². The number of anilines is 1. The molecule has 0 saturated carbocycles. The number of nitrogens with zero attached hydrogens (tertiary/aromatic N) is 5. The van der Waals surface area contributed by atoms with Crippen molar-refractivity contribution in [1.82, 2.24) is 19.7 Å². The van der Waals surface area contributed by atoms with Gasteiger partial charge in [0.25, 0.3) is 5.95 Å². The first kappa shape index (κ1) is 17.0. The van der Waals surface area contributed by atoms with Gasteiger partial charge in [-0.3, -0.25) is 0 Å². The van der Waals surface area contributed by atoms with Crippen LogP contribution in [0.1, 0.15) is 19.4 Å². The van der Waals surface area contributed by atoms with Gasteiger partial charge in [-0.1, -0.05) is 18.2 Å². The highest BCUT2D eigenvalue weighted by Gasteiger charge is 2.13. The number of aryl methyl sites for hydroxylation is 1. The molecule has 0 radical (unpaired) electrons. The molecule has 7 nitrogen and oxygen atoms in total. The summed E-state index contributed by atoms with van der Waals surface area (Å²) in [4.78, 5) is 4.60. The number of hydrogen-bond acceptors (Lipinski definition) is 6. The van der Waals surface area contributed by atoms with Crippen molar-refractivity contribution in [2.24, 2.45) is 5.10 Å². The van der Waals surface area contributed by atoms with E-state index in [1.54, 1.807) is 6.21 Å². The Balaban J connectivity index is 1.58. The minimum atomic E-state index is 0.363. The van der Waals surface area contributed by atoms with Gasteiger partial charge in [0, 0.05) is 11.9 Å². The molecule has 136 valence electrons. The quantitative estimate of drug-likeness (QED) is 0.417. The van der Waals surface area contributed by atoms with Crippen molar-refractivity contribution < 1.29 is 4.74 Å². The molecule has 0 unspecified atom stereocenters. The van der Waals surface area contributed by atoms with Gasteiger partial charge in [-0.2, -0.15) is 10.1 Å². The van der Waals surface area contributed by atoms with Crippen molar-refractivity contribution >= 4 is 34.2 Å². The molecule has 27 heavy (non-hydrogen) atoms. The number of nitrogens with one attached hydrogen (secondary N) is 1. The van der Waals surface area contributed by atoms with Gasteiger partial charge in [0.2, 0.25) is 0 Å². The van der Waals surface area contributed by atoms with Crippen LogP contribution in [0, 0.1) is 0 Å². The van der Waals surface area contributed by atoms with Crippen LogP contribution >= 0.6 is 0 Å². The molecule has 2 heterocycles. The SMILES string of the molecule is CCOc1ccc(C=NNc2nnc3c4ccccc4n(CC)c3n2)cc1. The smallest absolute Gasteiger partial charge is 0.265 e. The second kappa shape index (κ2) is 7.41. The van der Waals surface area contributed by atoms with Gasteiger partial charge < -0.3 is 9.30 Å². The summed E-state index contributed by atoms with van der Waals surface area (Å²) in [6, 6.07) is 15.8. The highest BCUT2D eigenvalue weighted by molar-refractivity contribution is 6.04. The van der Waals surface area contributed by atoms with Gasteiger partial charge in [0.05, 0.1) is 18.3 Å². The van der Waals surface area contributed by atoms with E-state index in [1.807, 2.05) is 49.4 Å². The van der Waals surface area contributed by atoms with Crippen LogP contribution in [0.25, 0.3) is 22.1 Å². The number of fused-ring (bicyclic) bond motifs is 3. The summed E-state index contributed by atoms with van der Waals surface area (Å²) >= 11 is 0. The lowest BCUT2D eigenvalue weighted by Gasteiger charge is -2.03. The monoisotopic (exact) mass is 360 g/mol. The Bertz CT molecular complexity index is 1100. The molecule has 0 atom stereocenters. The molecule has 0 spiro atoms. The lowest BCUT2D eigenvalue weighted by atomic mass is 10.2. The Hall–Kier alpha value is -3.48. The topological polar surface area (TPSA) is 77.2 Å². The fourth-order valence-electron chi connectivity index (χ4n) is 3.05. The molecule has 7 heteroatoms. The first-order valence-corrected chi connectivity index (χ1v) is 8.93. The van der Waals surface area contributed by atoms with Crippen LogP contribution in [-0.4, -0.2) is 32.6 Å². The zero-order chi connectivity index (χ0) is 18.6. The predicted molar refractivity (Wildman–Crippen MR) is 107 cm³/mol. The third kappa shape index (κ3) is 3.31. The van der Waals surface area contributed by atoms with Crippen molar-refractivity contribution in [3.8, 4) is 5.75 Å². The van der Waals surface area contributed by atoms with Gasteiger partial charge in [0.1, 0.15) is 11.3 Å². The number of hydrazone groups is 1. The van der Waals surface area contributed by atoms with E-state index in [1.165, 1.54) is 0 Å². The summed E-state index contributed by atoms with van der Waals surface area (Å²) in [6.45, 7) is 5.50. The Morgan fingerprint density at radius 1 is 1.07 bits per heavy atom. The molecule has 0 saturated heterocycles. The lowest BCUT2D eigenvalue weighted by molar-refractivity contribution is 0.340. The van der Waals surface area contributed by atoms with Gasteiger partial charge in [-0.15, -0.1) is 10.2 Å². The van der Waals surface area contributed by atoms with Gasteiger partial charge >= 0.3 is 0 Å². The van der Waals surface area contributed by atoms with E-state index in [-0.39, 0.29) is 0 Å². The largest absolute Gasteiger partial charge is 0.494 e. The predicted octanol–water partition coefficient (Wildman–Crippen LogP) is 3.84. The Morgan fingerprint density at radius 3 is 2.67 bits per heavy atom. The second-order valence-corrected chi connectivity index (χ2v) is 5.94. The van der Waals surface area contributed by atoms with Crippen LogP contribution in [0.4, 0.5) is 5.95 Å². The summed E-state index contributed by atoms with van der Waals surface area (Å²) in [5.41, 5.74) is 6.51. The third-order valence-electron chi connectivity index (χ3n) is 4.26. The highest BCUT2D eigenvalue weighted by atomic mass is 16.5. The van der Waals surface area contributed by atoms with E-state index in [2.05, 4.69) is 43.3 Å². The minimum Gasteiger partial charge on any atom is -0.494 e. The van der Waals surface area contributed by atoms with E-state index in [9.17, 15) is 0 Å². The molecule has 0 fully saturated rings. The van der Waals surface area contributed by atoms with Crippen LogP contribution in [0.5, 0.6) is 5.75 Å². The number of ether oxygens (including phenoxy) is 1. The van der Waals surface area contributed by atoms with Gasteiger partial charge in [-0.05, 0) is 49.7 Å². The summed E-state index contributed by atoms with van der Waals surface area (Å²) in [6.07, 6.45) is 1.71. The summed E-state index contributed by atoms with van der Waals surface area (Å²) in [5.74, 6) is 1.20. The molecule has 1 N–H and O–H groups in total. The molecule has 2 aromatic carbocycles. The van der Waals surface area contributed by atoms with Crippen LogP contribution in [0.2, 0.25) is 0 Å². The molecule has 0 bridgehead atoms. The fourth-order valence-corrected chi connectivity index (χ4v) is 3.05. The van der Waals surface area contributed by atoms with E-state index < -0.39 is 0 Å². The molecule has 0 aliphatic carbocycles. The van der Waals surface area contributed by atoms with E-state index in [0.29, 0.717) is 12.6 Å². The molecular formula is C20H20N6O. The van der Waals surface area contributed by atoms with Crippen LogP contribution < -0.4 is 10.2 Å². The lowest BCUT2D eigenvalue weighted by Crippen LogP contribution is -2.02. The summed E-state index contributed by atoms with van der Waals surface area (Å²) in [5, 5.41) is 13.8. The third-order valence-corrected chi connectivity index (χ3v) is 4.26. The number of hydrogen-bond donors (Lipinski definition) is 1. The molecule has 4 rings (SSSR count). The van der Waals surface area contributed by atoms with Crippen LogP contribution in [0.15, 0.2) is 53.6 Å². The molecule has 0 aliphatic rings. The maximum Gasteiger partial charge on any atom is 0.265 e. The molecule has 2 aromatic heterocycles. The Labute approximate surface area is 156 Å². The van der Waals surface area contributed by atoms with Crippen molar-refractivity contribution in [1.29, 1.82) is 0 Å². The standard InChI is InChI=1S/C20H20N6O/c1-3-26-17-8-6-5-7-16(17)18-19(26)22-20(25-23-18)24-21-13-14-9-11-15(12-10-14)27-4-2/h5-13H,3-4H2,1-2H3,(H,22,24,25). The maximum absolute atomic E-state index is 5.43. The average Bonchev–Trinajstić information content (AvgIpc) is 3.02. The molecule has 0 aliphatic heterocycles. The Kier molecular flexibility index (Phi) is 4.65. The second-order valence-electron chi connectivity index (χ2n) is 5.94. The van der Waals surface area contributed by atoms with Gasteiger partial charge in [-0.25, -0.2) is 5.43 Å². The maximum atomic E-state index is 5.43. The van der Waals surface area contributed by atoms with Crippen molar-refractivity contribution in [2.75, 3.05) is 12.0 Å². The normalized spacial score (nSPS) is 11.5. The van der Waals surface area contributed by atoms with Gasteiger partial charge in [0.15, 0.2) is 5.65 Å². The Morgan fingerprint density at radius 2 is 1.89 bits per heavy atom. The number of para-hydroxylation sites is 1. The molecule has 4 aromatic rings. The molecule has 0 amide bonds. The van der Waals surface area contributed by atoms with E-state index >= 15 is 0 Å². The first-order valence-electron chi connectivity index (χ1n) is 8.93. The highest BCUT2D eigenvalue weighted by Crippen LogP contribution is 2.26. The zero-order valence-electron chi connectivity index (χ0n) is 15.3. The van der Waals surface area contributed by atoms with Crippen LogP contribution in [-0.2, 0) is 6.54 Å². The van der Waals surface area contributed by atoms with Crippen molar-refractivity contribution in [2.45, 2.75) is 20.4 Å². The molecular weight excluding hydrogens is 340 g/mol. The summed E-state index contributed by atoms with van der Waals surface area (Å²) in [7, 11) is 0. The van der Waals surface area contributed by atoms with Crippen molar-refractivity contribution in [3.63, 3.8) is 0 Å². The number of aromatic nitrogens is 4. The number of benzene rings is 2. The van der Waals surface area contributed by atoms with Crippen LogP contribution in [0.3, 0.4) is 0 Å². The van der Waals surface area contributed by atoms with E-state index in [0.717, 1.165) is 39.9 Å². The minimum absolute atomic E-state index is 0.363. The zero-order valence-corrected chi connectivity index (χ0v) is 15.3. The fraction of sp³-hybridized carbons (Fsp3) is 0.200.